The lowest BCUT2D eigenvalue weighted by Crippen LogP contribution is -2.05. The summed E-state index contributed by atoms with van der Waals surface area (Å²) in [5.41, 5.74) is 5.39. The van der Waals surface area contributed by atoms with Crippen LogP contribution in [-0.4, -0.2) is 30.1 Å². The van der Waals surface area contributed by atoms with Crippen molar-refractivity contribution in [2.75, 3.05) is 19.5 Å². The summed E-state index contributed by atoms with van der Waals surface area (Å²) in [6.45, 7) is 1.49. The Kier molecular flexibility index (Phi) is 5.71. The molecule has 0 aliphatic heterocycles. The lowest BCUT2D eigenvalue weighted by atomic mass is 10.0. The van der Waals surface area contributed by atoms with Crippen molar-refractivity contribution in [1.29, 1.82) is 0 Å². The molecular weight excluding hydrogens is 390 g/mol. The van der Waals surface area contributed by atoms with Gasteiger partial charge in [0.2, 0.25) is 5.91 Å². The second-order valence-electron chi connectivity index (χ2n) is 7.02. The molecule has 0 aliphatic carbocycles. The van der Waals surface area contributed by atoms with Crippen LogP contribution in [0.2, 0.25) is 0 Å². The van der Waals surface area contributed by atoms with Gasteiger partial charge in [-0.3, -0.25) is 4.79 Å². The molecule has 2 N–H and O–H groups in total. The third-order valence-electron chi connectivity index (χ3n) is 4.92. The Morgan fingerprint density at radius 3 is 1.81 bits per heavy atom. The van der Waals surface area contributed by atoms with Gasteiger partial charge in [-0.15, -0.1) is 0 Å². The van der Waals surface area contributed by atoms with E-state index in [0.717, 1.165) is 51.1 Å². The van der Waals surface area contributed by atoms with E-state index in [0.29, 0.717) is 0 Å². The number of methoxy groups -OCH3 is 2. The first kappa shape index (κ1) is 20.2. The molecule has 0 bridgehead atoms. The maximum absolute atomic E-state index is 11.3. The summed E-state index contributed by atoms with van der Waals surface area (Å²) in [6, 6.07) is 23.3. The van der Waals surface area contributed by atoms with E-state index in [1.54, 1.807) is 14.2 Å². The molecule has 1 amide bonds. The van der Waals surface area contributed by atoms with Gasteiger partial charge < -0.3 is 19.8 Å². The minimum atomic E-state index is -0.102. The molecule has 0 spiro atoms. The third-order valence-corrected chi connectivity index (χ3v) is 4.92. The van der Waals surface area contributed by atoms with Gasteiger partial charge in [0.15, 0.2) is 0 Å². The molecule has 6 nitrogen and oxygen atoms in total. The van der Waals surface area contributed by atoms with Gasteiger partial charge in [0.1, 0.15) is 17.3 Å². The van der Waals surface area contributed by atoms with Crippen LogP contribution in [0.15, 0.2) is 72.8 Å². The summed E-state index contributed by atoms with van der Waals surface area (Å²) in [6.07, 6.45) is 0. The highest BCUT2D eigenvalue weighted by Gasteiger charge is 2.16. The number of ether oxygens (including phenoxy) is 2. The van der Waals surface area contributed by atoms with Crippen molar-refractivity contribution in [2.45, 2.75) is 6.92 Å². The Morgan fingerprint density at radius 2 is 1.29 bits per heavy atom. The molecule has 0 saturated carbocycles. The number of anilines is 1. The molecule has 1 heterocycles. The maximum Gasteiger partial charge on any atom is 0.221 e. The molecule has 0 radical (unpaired) electrons. The number of nitrogens with zero attached hydrogens (tertiary/aromatic N) is 1. The number of rotatable bonds is 6. The fourth-order valence-corrected chi connectivity index (χ4v) is 3.35. The number of imidazole rings is 1. The fourth-order valence-electron chi connectivity index (χ4n) is 3.35. The molecule has 4 rings (SSSR count). The van der Waals surface area contributed by atoms with Crippen LogP contribution in [0.4, 0.5) is 5.69 Å². The quantitative estimate of drug-likeness (QED) is 0.445. The number of carbonyl (C=O) groups excluding carboxylic acids is 1. The van der Waals surface area contributed by atoms with E-state index in [1.807, 2.05) is 72.8 Å². The molecule has 156 valence electrons. The predicted molar refractivity (Wildman–Crippen MR) is 122 cm³/mol. The minimum Gasteiger partial charge on any atom is -0.497 e. The van der Waals surface area contributed by atoms with Crippen molar-refractivity contribution < 1.29 is 14.3 Å². The van der Waals surface area contributed by atoms with Crippen LogP contribution in [0, 0.1) is 0 Å². The van der Waals surface area contributed by atoms with Gasteiger partial charge in [-0.1, -0.05) is 0 Å². The molecule has 0 unspecified atom stereocenters. The zero-order chi connectivity index (χ0) is 21.8. The molecular formula is C25H23N3O3. The predicted octanol–water partition coefficient (Wildman–Crippen LogP) is 5.39. The van der Waals surface area contributed by atoms with E-state index in [-0.39, 0.29) is 5.91 Å². The first-order valence-corrected chi connectivity index (χ1v) is 9.84. The lowest BCUT2D eigenvalue weighted by molar-refractivity contribution is -0.114. The molecule has 0 fully saturated rings. The highest BCUT2D eigenvalue weighted by atomic mass is 16.5. The van der Waals surface area contributed by atoms with E-state index < -0.39 is 0 Å². The van der Waals surface area contributed by atoms with Crippen LogP contribution < -0.4 is 14.8 Å². The van der Waals surface area contributed by atoms with Gasteiger partial charge >= 0.3 is 0 Å². The number of amides is 1. The molecule has 6 heteroatoms. The molecule has 0 saturated heterocycles. The van der Waals surface area contributed by atoms with Crippen molar-refractivity contribution in [2.24, 2.45) is 0 Å². The number of H-pyrrole nitrogens is 1. The molecule has 31 heavy (non-hydrogen) atoms. The number of aromatic nitrogens is 2. The molecule has 3 aromatic carbocycles. The Hall–Kier alpha value is -4.06. The van der Waals surface area contributed by atoms with Crippen molar-refractivity contribution >= 4 is 11.6 Å². The highest BCUT2D eigenvalue weighted by Crippen LogP contribution is 2.34. The van der Waals surface area contributed by atoms with Crippen LogP contribution in [0.25, 0.3) is 33.9 Å². The summed E-state index contributed by atoms with van der Waals surface area (Å²) in [7, 11) is 3.30. The van der Waals surface area contributed by atoms with Gasteiger partial charge in [0, 0.05) is 29.3 Å². The molecule has 4 aromatic rings. The van der Waals surface area contributed by atoms with Gasteiger partial charge in [-0.05, 0) is 72.8 Å². The topological polar surface area (TPSA) is 76.2 Å². The highest BCUT2D eigenvalue weighted by molar-refractivity contribution is 5.89. The lowest BCUT2D eigenvalue weighted by Gasteiger charge is -2.06. The second kappa shape index (κ2) is 8.75. The van der Waals surface area contributed by atoms with Crippen LogP contribution in [0.1, 0.15) is 6.92 Å². The summed E-state index contributed by atoms with van der Waals surface area (Å²) >= 11 is 0. The number of nitrogens with one attached hydrogen (secondary N) is 2. The Balaban J connectivity index is 1.78. The van der Waals surface area contributed by atoms with E-state index in [9.17, 15) is 4.79 Å². The van der Waals surface area contributed by atoms with Crippen molar-refractivity contribution in [3.63, 3.8) is 0 Å². The largest absolute Gasteiger partial charge is 0.497 e. The number of benzene rings is 3. The zero-order valence-corrected chi connectivity index (χ0v) is 17.6. The van der Waals surface area contributed by atoms with Gasteiger partial charge in [0.05, 0.1) is 25.6 Å². The summed E-state index contributed by atoms with van der Waals surface area (Å²) in [4.78, 5) is 19.6. The van der Waals surface area contributed by atoms with Crippen molar-refractivity contribution in [1.82, 2.24) is 9.97 Å². The summed E-state index contributed by atoms with van der Waals surface area (Å²) in [5.74, 6) is 2.22. The van der Waals surface area contributed by atoms with Gasteiger partial charge in [-0.2, -0.15) is 0 Å². The summed E-state index contributed by atoms with van der Waals surface area (Å²) in [5, 5.41) is 2.78. The number of aromatic amines is 1. The Bertz CT molecular complexity index is 1110. The van der Waals surface area contributed by atoms with E-state index in [4.69, 9.17) is 14.5 Å². The average molecular weight is 413 g/mol. The van der Waals surface area contributed by atoms with Gasteiger partial charge in [0.25, 0.3) is 0 Å². The zero-order valence-electron chi connectivity index (χ0n) is 17.6. The minimum absolute atomic E-state index is 0.102. The first-order valence-electron chi connectivity index (χ1n) is 9.84. The van der Waals surface area contributed by atoms with E-state index in [1.165, 1.54) is 6.92 Å². The third kappa shape index (κ3) is 4.43. The monoisotopic (exact) mass is 413 g/mol. The van der Waals surface area contributed by atoms with Crippen molar-refractivity contribution in [3.8, 4) is 45.4 Å². The SMILES string of the molecule is COc1ccc(-c2nc(-c3ccc(NC(C)=O)cc3)[nH]c2-c2ccc(OC)cc2)cc1. The normalized spacial score (nSPS) is 10.5. The standard InChI is InChI=1S/C25H23N3O3/c1-16(29)26-20-10-4-19(5-11-20)25-27-23(17-6-12-21(30-2)13-7-17)24(28-25)18-8-14-22(31-3)15-9-18/h4-15H,1-3H3,(H,26,29)(H,27,28). The Morgan fingerprint density at radius 1 is 0.774 bits per heavy atom. The summed E-state index contributed by atoms with van der Waals surface area (Å²) < 4.78 is 10.6. The maximum atomic E-state index is 11.3. The molecule has 0 atom stereocenters. The van der Waals surface area contributed by atoms with Gasteiger partial charge in [-0.25, -0.2) is 4.98 Å². The number of hydrogen-bond donors (Lipinski definition) is 2. The fraction of sp³-hybridized carbons (Fsp3) is 0.120. The first-order chi connectivity index (χ1) is 15.1. The van der Waals surface area contributed by atoms with Crippen LogP contribution in [0.5, 0.6) is 11.5 Å². The second-order valence-corrected chi connectivity index (χ2v) is 7.02. The van der Waals surface area contributed by atoms with Crippen LogP contribution in [-0.2, 0) is 4.79 Å². The van der Waals surface area contributed by atoms with Crippen LogP contribution in [0.3, 0.4) is 0 Å². The van der Waals surface area contributed by atoms with E-state index in [2.05, 4.69) is 10.3 Å². The average Bonchev–Trinajstić information content (AvgIpc) is 3.25. The van der Waals surface area contributed by atoms with Crippen LogP contribution >= 0.6 is 0 Å². The van der Waals surface area contributed by atoms with Crippen molar-refractivity contribution in [3.05, 3.63) is 72.8 Å². The molecule has 1 aromatic heterocycles. The smallest absolute Gasteiger partial charge is 0.221 e. The number of hydrogen-bond acceptors (Lipinski definition) is 4. The number of carbonyl (C=O) groups is 1. The Labute approximate surface area is 180 Å². The molecule has 0 aliphatic rings. The van der Waals surface area contributed by atoms with E-state index >= 15 is 0 Å².